The normalized spacial score (nSPS) is 24.8. The van der Waals surface area contributed by atoms with Crippen LogP contribution >= 0.6 is 0 Å². The lowest BCUT2D eigenvalue weighted by atomic mass is 9.88. The van der Waals surface area contributed by atoms with Gasteiger partial charge in [-0.05, 0) is 51.4 Å². The molecule has 0 unspecified atom stereocenters. The Morgan fingerprint density at radius 3 is 1.37 bits per heavy atom. The van der Waals surface area contributed by atoms with Crippen molar-refractivity contribution in [3.63, 3.8) is 0 Å². The van der Waals surface area contributed by atoms with E-state index in [1.165, 1.54) is 0 Å². The zero-order chi connectivity index (χ0) is 13.6. The van der Waals surface area contributed by atoms with Gasteiger partial charge >= 0.3 is 0 Å². The van der Waals surface area contributed by atoms with Crippen molar-refractivity contribution in [3.8, 4) is 0 Å². The second kappa shape index (κ2) is 6.25. The van der Waals surface area contributed by atoms with Crippen LogP contribution in [0.5, 0.6) is 0 Å². The van der Waals surface area contributed by atoms with Crippen LogP contribution < -0.4 is 0 Å². The Morgan fingerprint density at radius 2 is 1.05 bits per heavy atom. The zero-order valence-electron chi connectivity index (χ0n) is 11.2. The molecule has 0 bridgehead atoms. The highest BCUT2D eigenvalue weighted by Crippen LogP contribution is 2.42. The fraction of sp³-hybridized carbons (Fsp3) is 0.857. The van der Waals surface area contributed by atoms with Gasteiger partial charge < -0.3 is 4.74 Å². The first-order valence-corrected chi connectivity index (χ1v) is 7.13. The van der Waals surface area contributed by atoms with Gasteiger partial charge in [0, 0.05) is 0 Å². The highest BCUT2D eigenvalue weighted by atomic mass is 16.5. The van der Waals surface area contributed by atoms with E-state index >= 15 is 0 Å². The van der Waals surface area contributed by atoms with Crippen LogP contribution in [-0.2, 0) is 14.3 Å². The summed E-state index contributed by atoms with van der Waals surface area (Å²) < 4.78 is 6.13. The van der Waals surface area contributed by atoms with E-state index < -0.39 is 11.4 Å². The average molecular weight is 264 g/mol. The smallest absolute Gasteiger partial charge is 0.237 e. The molecule has 0 aliphatic heterocycles. The number of hydrogen-bond donors (Lipinski definition) is 0. The SMILES string of the molecule is O=C=NC1(OC2(N=C=O)CCCCC2)CCCCC1. The van der Waals surface area contributed by atoms with Crippen LogP contribution in [0.1, 0.15) is 64.2 Å². The van der Waals surface area contributed by atoms with Crippen molar-refractivity contribution in [1.29, 1.82) is 0 Å². The summed E-state index contributed by atoms with van der Waals surface area (Å²) in [7, 11) is 0. The predicted molar refractivity (Wildman–Crippen MR) is 69.0 cm³/mol. The molecule has 0 heterocycles. The van der Waals surface area contributed by atoms with Crippen molar-refractivity contribution in [2.24, 2.45) is 9.98 Å². The van der Waals surface area contributed by atoms with Crippen molar-refractivity contribution in [2.45, 2.75) is 75.7 Å². The maximum atomic E-state index is 10.7. The standard InChI is InChI=1S/C14H20N2O3/c17-11-15-13(7-3-1-4-8-13)19-14(16-12-18)9-5-2-6-10-14/h1-10H2. The van der Waals surface area contributed by atoms with Crippen molar-refractivity contribution < 1.29 is 14.3 Å². The van der Waals surface area contributed by atoms with Crippen molar-refractivity contribution in [3.05, 3.63) is 0 Å². The number of rotatable bonds is 4. The Morgan fingerprint density at radius 1 is 0.684 bits per heavy atom. The van der Waals surface area contributed by atoms with Gasteiger partial charge in [-0.2, -0.15) is 9.98 Å². The third-order valence-electron chi connectivity index (χ3n) is 4.15. The lowest BCUT2D eigenvalue weighted by molar-refractivity contribution is -0.176. The molecular weight excluding hydrogens is 244 g/mol. The van der Waals surface area contributed by atoms with Gasteiger partial charge in [-0.25, -0.2) is 9.59 Å². The van der Waals surface area contributed by atoms with Crippen LogP contribution in [0.4, 0.5) is 0 Å². The quantitative estimate of drug-likeness (QED) is 0.579. The van der Waals surface area contributed by atoms with Gasteiger partial charge in [0.1, 0.15) is 0 Å². The molecule has 0 amide bonds. The predicted octanol–water partition coefficient (Wildman–Crippen LogP) is 3.00. The number of nitrogens with zero attached hydrogens (tertiary/aromatic N) is 2. The lowest BCUT2D eigenvalue weighted by Gasteiger charge is -2.41. The molecule has 19 heavy (non-hydrogen) atoms. The summed E-state index contributed by atoms with van der Waals surface area (Å²) in [6.07, 6.45) is 12.3. The van der Waals surface area contributed by atoms with E-state index in [1.807, 2.05) is 0 Å². The summed E-state index contributed by atoms with van der Waals surface area (Å²) >= 11 is 0. The zero-order valence-corrected chi connectivity index (χ0v) is 11.2. The molecule has 0 spiro atoms. The van der Waals surface area contributed by atoms with E-state index in [0.717, 1.165) is 38.5 Å². The van der Waals surface area contributed by atoms with Crippen molar-refractivity contribution in [1.82, 2.24) is 0 Å². The maximum Gasteiger partial charge on any atom is 0.237 e. The molecule has 2 saturated carbocycles. The Hall–Kier alpha value is -1.28. The molecule has 0 saturated heterocycles. The van der Waals surface area contributed by atoms with Gasteiger partial charge in [0.15, 0.2) is 11.4 Å². The van der Waals surface area contributed by atoms with Gasteiger partial charge in [-0.15, -0.1) is 0 Å². The molecule has 2 fully saturated rings. The second-order valence-corrected chi connectivity index (χ2v) is 5.52. The van der Waals surface area contributed by atoms with Gasteiger partial charge in [-0.3, -0.25) is 0 Å². The maximum absolute atomic E-state index is 10.7. The Labute approximate surface area is 113 Å². The number of isocyanates is 2. The molecule has 2 aliphatic rings. The summed E-state index contributed by atoms with van der Waals surface area (Å²) in [6.45, 7) is 0. The summed E-state index contributed by atoms with van der Waals surface area (Å²) in [4.78, 5) is 29.2. The molecule has 0 radical (unpaired) electrons. The summed E-state index contributed by atoms with van der Waals surface area (Å²) in [5, 5.41) is 0. The first-order chi connectivity index (χ1) is 9.24. The molecule has 5 nitrogen and oxygen atoms in total. The first-order valence-electron chi connectivity index (χ1n) is 7.13. The topological polar surface area (TPSA) is 68.1 Å². The van der Waals surface area contributed by atoms with E-state index in [1.54, 1.807) is 12.2 Å². The average Bonchev–Trinajstić information content (AvgIpc) is 2.41. The fourth-order valence-corrected chi connectivity index (χ4v) is 3.20. The molecule has 0 aromatic rings. The monoisotopic (exact) mass is 264 g/mol. The minimum atomic E-state index is -0.822. The van der Waals surface area contributed by atoms with E-state index in [-0.39, 0.29) is 0 Å². The van der Waals surface area contributed by atoms with Gasteiger partial charge in [-0.1, -0.05) is 12.8 Å². The molecule has 2 aliphatic carbocycles. The number of ether oxygens (including phenoxy) is 1. The highest BCUT2D eigenvalue weighted by molar-refractivity contribution is 5.35. The van der Waals surface area contributed by atoms with E-state index in [0.29, 0.717) is 25.7 Å². The van der Waals surface area contributed by atoms with Crippen LogP contribution in [0.15, 0.2) is 9.98 Å². The first kappa shape index (κ1) is 14.1. The van der Waals surface area contributed by atoms with E-state index in [9.17, 15) is 9.59 Å². The third-order valence-corrected chi connectivity index (χ3v) is 4.15. The summed E-state index contributed by atoms with van der Waals surface area (Å²) in [6, 6.07) is 0. The molecule has 104 valence electrons. The number of hydrogen-bond acceptors (Lipinski definition) is 5. The van der Waals surface area contributed by atoms with E-state index in [4.69, 9.17) is 4.74 Å². The highest BCUT2D eigenvalue weighted by Gasteiger charge is 2.43. The summed E-state index contributed by atoms with van der Waals surface area (Å²) in [5.74, 6) is 0. The number of carbonyl (C=O) groups excluding carboxylic acids is 2. The largest absolute Gasteiger partial charge is 0.325 e. The van der Waals surface area contributed by atoms with Crippen molar-refractivity contribution >= 4 is 12.2 Å². The second-order valence-electron chi connectivity index (χ2n) is 5.52. The molecule has 2 rings (SSSR count). The molecule has 0 aromatic heterocycles. The Bertz CT molecular complexity index is 359. The minimum absolute atomic E-state index is 0.707. The van der Waals surface area contributed by atoms with Crippen LogP contribution in [0.2, 0.25) is 0 Å². The Balaban J connectivity index is 2.21. The third kappa shape index (κ3) is 3.38. The lowest BCUT2D eigenvalue weighted by Crippen LogP contribution is -2.45. The molecular formula is C14H20N2O3. The summed E-state index contributed by atoms with van der Waals surface area (Å²) in [5.41, 5.74) is -1.64. The van der Waals surface area contributed by atoms with Crippen molar-refractivity contribution in [2.75, 3.05) is 0 Å². The molecule has 0 N–H and O–H groups in total. The van der Waals surface area contributed by atoms with E-state index in [2.05, 4.69) is 9.98 Å². The molecule has 5 heteroatoms. The van der Waals surface area contributed by atoms with Crippen LogP contribution in [-0.4, -0.2) is 23.6 Å². The number of aliphatic imine (C=N–C) groups is 2. The van der Waals surface area contributed by atoms with Crippen LogP contribution in [0.3, 0.4) is 0 Å². The van der Waals surface area contributed by atoms with Crippen LogP contribution in [0.25, 0.3) is 0 Å². The van der Waals surface area contributed by atoms with Crippen LogP contribution in [0, 0.1) is 0 Å². The Kier molecular flexibility index (Phi) is 4.65. The van der Waals surface area contributed by atoms with Gasteiger partial charge in [0.25, 0.3) is 0 Å². The molecule has 0 atom stereocenters. The van der Waals surface area contributed by atoms with Gasteiger partial charge in [0.2, 0.25) is 12.2 Å². The molecule has 0 aromatic carbocycles. The minimum Gasteiger partial charge on any atom is -0.325 e. The fourth-order valence-electron chi connectivity index (χ4n) is 3.20. The van der Waals surface area contributed by atoms with Gasteiger partial charge in [0.05, 0.1) is 0 Å².